The Morgan fingerprint density at radius 3 is 2.52 bits per heavy atom. The molecule has 9 heteroatoms. The number of halogens is 1. The highest BCUT2D eigenvalue weighted by Crippen LogP contribution is 2.30. The van der Waals surface area contributed by atoms with Crippen molar-refractivity contribution in [3.63, 3.8) is 0 Å². The second kappa shape index (κ2) is 5.00. The number of nitrogen functional groups attached to an aromatic ring is 1. The van der Waals surface area contributed by atoms with Crippen LogP contribution >= 0.6 is 0 Å². The van der Waals surface area contributed by atoms with E-state index in [-0.39, 0.29) is 40.6 Å². The molecule has 3 amide bonds. The molecule has 2 aromatic rings. The number of carbonyl (C=O) groups excluding carboxylic acids is 3. The van der Waals surface area contributed by atoms with E-state index >= 15 is 0 Å². The molecule has 0 bridgehead atoms. The Bertz CT molecular complexity index is 1060. The van der Waals surface area contributed by atoms with Crippen molar-refractivity contribution in [1.82, 2.24) is 9.88 Å². The molecule has 0 aliphatic carbocycles. The maximum atomic E-state index is 14.4. The van der Waals surface area contributed by atoms with E-state index in [1.54, 1.807) is 0 Å². The molecule has 4 N–H and O–H groups in total. The summed E-state index contributed by atoms with van der Waals surface area (Å²) in [5, 5.41) is 4.51. The summed E-state index contributed by atoms with van der Waals surface area (Å²) >= 11 is 0. The van der Waals surface area contributed by atoms with Gasteiger partial charge in [0.1, 0.15) is 11.6 Å². The van der Waals surface area contributed by atoms with Crippen molar-refractivity contribution in [2.24, 2.45) is 0 Å². The van der Waals surface area contributed by atoms with Gasteiger partial charge >= 0.3 is 0 Å². The van der Waals surface area contributed by atoms with Crippen molar-refractivity contribution >= 4 is 29.2 Å². The van der Waals surface area contributed by atoms with Gasteiger partial charge in [-0.1, -0.05) is 0 Å². The molecule has 0 unspecified atom stereocenters. The van der Waals surface area contributed by atoms with Crippen LogP contribution in [0.15, 0.2) is 23.0 Å². The summed E-state index contributed by atoms with van der Waals surface area (Å²) in [7, 11) is 0. The van der Waals surface area contributed by atoms with Crippen LogP contribution in [-0.2, 0) is 11.2 Å². The molecule has 0 spiro atoms. The standard InChI is InChI=1S/C16H11FN4O4/c17-9-4-7(3-6-1-2-10(22)19-13(6)9)21-11(23)5-8-12(14(21)18)16(25)20-15(8)24/h3-5H,1-2,18H2,(H,19,22)(H,20,24,25). The lowest BCUT2D eigenvalue weighted by molar-refractivity contribution is -0.116. The fourth-order valence-corrected chi connectivity index (χ4v) is 3.11. The Labute approximate surface area is 139 Å². The maximum Gasteiger partial charge on any atom is 0.262 e. The number of aryl methyl sites for hydroxylation is 1. The van der Waals surface area contributed by atoms with Crippen LogP contribution in [-0.4, -0.2) is 22.3 Å². The normalized spacial score (nSPS) is 15.5. The molecule has 8 nitrogen and oxygen atoms in total. The zero-order valence-electron chi connectivity index (χ0n) is 12.7. The molecule has 0 saturated heterocycles. The van der Waals surface area contributed by atoms with Crippen LogP contribution in [0.1, 0.15) is 32.7 Å². The van der Waals surface area contributed by atoms with Gasteiger partial charge in [-0.25, -0.2) is 4.39 Å². The number of carbonyl (C=O) groups is 3. The van der Waals surface area contributed by atoms with Crippen molar-refractivity contribution < 1.29 is 18.8 Å². The number of nitrogens with zero attached hydrogens (tertiary/aromatic N) is 1. The quantitative estimate of drug-likeness (QED) is 0.644. The van der Waals surface area contributed by atoms with Gasteiger partial charge in [-0.15, -0.1) is 0 Å². The molecule has 0 saturated carbocycles. The van der Waals surface area contributed by atoms with E-state index in [9.17, 15) is 23.6 Å². The highest BCUT2D eigenvalue weighted by atomic mass is 19.1. The summed E-state index contributed by atoms with van der Waals surface area (Å²) in [6.45, 7) is 0. The van der Waals surface area contributed by atoms with Gasteiger partial charge in [0.05, 0.1) is 22.5 Å². The second-order valence-corrected chi connectivity index (χ2v) is 5.79. The third kappa shape index (κ3) is 2.12. The third-order valence-electron chi connectivity index (χ3n) is 4.25. The molecule has 4 rings (SSSR count). The number of nitrogens with two attached hydrogens (primary N) is 1. The van der Waals surface area contributed by atoms with Crippen molar-refractivity contribution in [3.8, 4) is 5.69 Å². The predicted molar refractivity (Wildman–Crippen MR) is 85.2 cm³/mol. The first-order chi connectivity index (χ1) is 11.9. The molecule has 126 valence electrons. The van der Waals surface area contributed by atoms with Gasteiger partial charge in [0.25, 0.3) is 17.4 Å². The summed E-state index contributed by atoms with van der Waals surface area (Å²) in [6.07, 6.45) is 0.506. The van der Waals surface area contributed by atoms with E-state index in [2.05, 4.69) is 10.6 Å². The third-order valence-corrected chi connectivity index (χ3v) is 4.25. The number of imide groups is 1. The molecule has 1 aromatic carbocycles. The molecular formula is C16H11FN4O4. The number of anilines is 2. The fraction of sp³-hybridized carbons (Fsp3) is 0.125. The molecule has 0 atom stereocenters. The number of rotatable bonds is 1. The Morgan fingerprint density at radius 1 is 1.00 bits per heavy atom. The fourth-order valence-electron chi connectivity index (χ4n) is 3.11. The van der Waals surface area contributed by atoms with Crippen LogP contribution in [0.4, 0.5) is 15.9 Å². The average Bonchev–Trinajstić information content (AvgIpc) is 2.82. The zero-order valence-corrected chi connectivity index (χ0v) is 12.7. The number of aromatic nitrogens is 1. The first-order valence-electron chi connectivity index (χ1n) is 7.40. The van der Waals surface area contributed by atoms with Gasteiger partial charge < -0.3 is 11.1 Å². The van der Waals surface area contributed by atoms with Crippen molar-refractivity contribution in [1.29, 1.82) is 0 Å². The van der Waals surface area contributed by atoms with Gasteiger partial charge in [0.15, 0.2) is 0 Å². The molecule has 3 heterocycles. The molecule has 2 aliphatic heterocycles. The van der Waals surface area contributed by atoms with Crippen LogP contribution in [0.25, 0.3) is 5.69 Å². The Balaban J connectivity index is 1.95. The lowest BCUT2D eigenvalue weighted by atomic mass is 10.0. The average molecular weight is 342 g/mol. The van der Waals surface area contributed by atoms with Crippen LogP contribution in [0.5, 0.6) is 0 Å². The zero-order chi connectivity index (χ0) is 17.9. The van der Waals surface area contributed by atoms with Gasteiger partial charge in [-0.3, -0.25) is 29.1 Å². The number of amides is 3. The number of pyridine rings is 1. The van der Waals surface area contributed by atoms with E-state index in [0.29, 0.717) is 12.0 Å². The minimum Gasteiger partial charge on any atom is -0.384 e. The number of nitrogens with one attached hydrogen (secondary N) is 2. The summed E-state index contributed by atoms with van der Waals surface area (Å²) in [5.41, 5.74) is 5.74. The lowest BCUT2D eigenvalue weighted by Gasteiger charge is -2.20. The minimum absolute atomic E-state index is 0.0701. The van der Waals surface area contributed by atoms with Crippen LogP contribution in [0.2, 0.25) is 0 Å². The highest BCUT2D eigenvalue weighted by molar-refractivity contribution is 6.23. The summed E-state index contributed by atoms with van der Waals surface area (Å²) in [5.74, 6) is -2.66. The van der Waals surface area contributed by atoms with Crippen LogP contribution < -0.4 is 21.9 Å². The molecule has 1 aromatic heterocycles. The number of hydrogen-bond donors (Lipinski definition) is 3. The van der Waals surface area contributed by atoms with Gasteiger partial charge in [0, 0.05) is 18.6 Å². The lowest BCUT2D eigenvalue weighted by Crippen LogP contribution is -2.25. The van der Waals surface area contributed by atoms with E-state index in [1.807, 2.05) is 0 Å². The molecule has 2 aliphatic rings. The van der Waals surface area contributed by atoms with E-state index in [1.165, 1.54) is 6.07 Å². The van der Waals surface area contributed by atoms with Crippen molar-refractivity contribution in [2.45, 2.75) is 12.8 Å². The van der Waals surface area contributed by atoms with Crippen molar-refractivity contribution in [2.75, 3.05) is 11.1 Å². The van der Waals surface area contributed by atoms with Crippen LogP contribution in [0, 0.1) is 5.82 Å². The van der Waals surface area contributed by atoms with Gasteiger partial charge in [-0.2, -0.15) is 0 Å². The van der Waals surface area contributed by atoms with Gasteiger partial charge in [0.2, 0.25) is 5.91 Å². The predicted octanol–water partition coefficient (Wildman–Crippen LogP) is 0.327. The number of hydrogen-bond acceptors (Lipinski definition) is 5. The number of fused-ring (bicyclic) bond motifs is 2. The molecule has 0 fully saturated rings. The summed E-state index contributed by atoms with van der Waals surface area (Å²) in [4.78, 5) is 47.3. The summed E-state index contributed by atoms with van der Waals surface area (Å²) in [6, 6.07) is 3.56. The molecule has 0 radical (unpaired) electrons. The second-order valence-electron chi connectivity index (χ2n) is 5.79. The summed E-state index contributed by atoms with van der Waals surface area (Å²) < 4.78 is 15.3. The Hall–Kier alpha value is -3.49. The maximum absolute atomic E-state index is 14.4. The minimum atomic E-state index is -0.715. The monoisotopic (exact) mass is 342 g/mol. The van der Waals surface area contributed by atoms with E-state index < -0.39 is 23.2 Å². The van der Waals surface area contributed by atoms with Gasteiger partial charge in [-0.05, 0) is 18.1 Å². The first-order valence-corrected chi connectivity index (χ1v) is 7.40. The van der Waals surface area contributed by atoms with E-state index in [4.69, 9.17) is 5.73 Å². The smallest absolute Gasteiger partial charge is 0.262 e. The van der Waals surface area contributed by atoms with E-state index in [0.717, 1.165) is 16.7 Å². The van der Waals surface area contributed by atoms with Crippen molar-refractivity contribution in [3.05, 3.63) is 51.1 Å². The van der Waals surface area contributed by atoms with Crippen LogP contribution in [0.3, 0.4) is 0 Å². The Kier molecular flexibility index (Phi) is 3.01. The highest BCUT2D eigenvalue weighted by Gasteiger charge is 2.32. The number of benzene rings is 1. The molecular weight excluding hydrogens is 331 g/mol. The largest absolute Gasteiger partial charge is 0.384 e. The SMILES string of the molecule is Nc1c2c(cc(=O)n1-c1cc(F)c3c(c1)CCC(=O)N3)C(=O)NC2=O. The Morgan fingerprint density at radius 2 is 1.76 bits per heavy atom. The topological polar surface area (TPSA) is 123 Å². The molecule has 25 heavy (non-hydrogen) atoms. The first kappa shape index (κ1) is 15.1.